The van der Waals surface area contributed by atoms with Gasteiger partial charge in [-0.1, -0.05) is 19.3 Å². The Morgan fingerprint density at radius 3 is 2.44 bits per heavy atom. The molecule has 0 radical (unpaired) electrons. The number of rotatable bonds is 5. The number of hydrogen-bond acceptors (Lipinski definition) is 2. The highest BCUT2D eigenvalue weighted by atomic mass is 15.1. The van der Waals surface area contributed by atoms with Crippen LogP contribution in [0.1, 0.15) is 51.4 Å². The second-order valence-corrected chi connectivity index (χ2v) is 6.13. The van der Waals surface area contributed by atoms with E-state index in [1.165, 1.54) is 64.5 Å². The van der Waals surface area contributed by atoms with Crippen molar-refractivity contribution in [2.24, 2.45) is 5.41 Å². The second kappa shape index (κ2) is 5.50. The molecule has 0 aromatic rings. The molecular weight excluding hydrogens is 196 g/mol. The molecule has 2 rings (SSSR count). The first kappa shape index (κ1) is 12.4. The number of hydrogen-bond donors (Lipinski definition) is 1. The molecule has 2 aliphatic carbocycles. The summed E-state index contributed by atoms with van der Waals surface area (Å²) in [5.74, 6) is 0. The highest BCUT2D eigenvalue weighted by Gasteiger charge is 2.46. The molecule has 1 N–H and O–H groups in total. The Bertz CT molecular complexity index is 207. The molecule has 2 saturated carbocycles. The Labute approximate surface area is 101 Å². The minimum atomic E-state index is 0.733. The van der Waals surface area contributed by atoms with Gasteiger partial charge in [-0.2, -0.15) is 0 Å². The van der Waals surface area contributed by atoms with E-state index in [4.69, 9.17) is 0 Å². The zero-order valence-corrected chi connectivity index (χ0v) is 11.1. The molecule has 94 valence electrons. The predicted molar refractivity (Wildman–Crippen MR) is 69.7 cm³/mol. The molecule has 0 aliphatic heterocycles. The van der Waals surface area contributed by atoms with E-state index in [1.807, 2.05) is 0 Å². The lowest BCUT2D eigenvalue weighted by Crippen LogP contribution is -2.54. The van der Waals surface area contributed by atoms with Crippen LogP contribution in [0.3, 0.4) is 0 Å². The van der Waals surface area contributed by atoms with E-state index in [0.29, 0.717) is 0 Å². The van der Waals surface area contributed by atoms with E-state index in [-0.39, 0.29) is 0 Å². The standard InChI is InChI=1S/C14H28N2/c1-16(2)12-6-11-15-13-7-10-14(13)8-4-3-5-9-14/h13,15H,3-12H2,1-2H3. The molecule has 0 saturated heterocycles. The van der Waals surface area contributed by atoms with E-state index < -0.39 is 0 Å². The molecule has 0 bridgehead atoms. The maximum atomic E-state index is 3.81. The quantitative estimate of drug-likeness (QED) is 0.722. The summed E-state index contributed by atoms with van der Waals surface area (Å²) >= 11 is 0. The highest BCUT2D eigenvalue weighted by Crippen LogP contribution is 2.51. The maximum Gasteiger partial charge on any atom is 0.0124 e. The fraction of sp³-hybridized carbons (Fsp3) is 1.00. The van der Waals surface area contributed by atoms with Crippen LogP contribution in [0.25, 0.3) is 0 Å². The zero-order valence-electron chi connectivity index (χ0n) is 11.1. The van der Waals surface area contributed by atoms with Crippen LogP contribution in [0.4, 0.5) is 0 Å². The van der Waals surface area contributed by atoms with Gasteiger partial charge in [-0.05, 0) is 64.7 Å². The van der Waals surface area contributed by atoms with Gasteiger partial charge in [0, 0.05) is 6.04 Å². The summed E-state index contributed by atoms with van der Waals surface area (Å²) < 4.78 is 0. The molecule has 1 unspecified atom stereocenters. The van der Waals surface area contributed by atoms with Crippen LogP contribution in [0.5, 0.6) is 0 Å². The number of nitrogens with one attached hydrogen (secondary N) is 1. The fourth-order valence-corrected chi connectivity index (χ4v) is 3.54. The lowest BCUT2D eigenvalue weighted by Gasteiger charge is -2.52. The minimum Gasteiger partial charge on any atom is -0.313 e. The third-order valence-corrected chi connectivity index (χ3v) is 4.69. The average molecular weight is 224 g/mol. The Morgan fingerprint density at radius 1 is 1.12 bits per heavy atom. The predicted octanol–water partition coefficient (Wildman–Crippen LogP) is 2.64. The van der Waals surface area contributed by atoms with Crippen molar-refractivity contribution in [3.8, 4) is 0 Å². The second-order valence-electron chi connectivity index (χ2n) is 6.13. The van der Waals surface area contributed by atoms with Crippen molar-refractivity contribution in [2.45, 2.75) is 57.4 Å². The van der Waals surface area contributed by atoms with Gasteiger partial charge in [0.05, 0.1) is 0 Å². The van der Waals surface area contributed by atoms with Gasteiger partial charge in [-0.15, -0.1) is 0 Å². The van der Waals surface area contributed by atoms with Gasteiger partial charge in [0.2, 0.25) is 0 Å². The summed E-state index contributed by atoms with van der Waals surface area (Å²) in [5.41, 5.74) is 0.733. The third-order valence-electron chi connectivity index (χ3n) is 4.69. The maximum absolute atomic E-state index is 3.81. The van der Waals surface area contributed by atoms with Crippen LogP contribution in [-0.2, 0) is 0 Å². The minimum absolute atomic E-state index is 0.733. The molecule has 2 heteroatoms. The van der Waals surface area contributed by atoms with Crippen molar-refractivity contribution in [1.29, 1.82) is 0 Å². The summed E-state index contributed by atoms with van der Waals surface area (Å²) in [6.07, 6.45) is 11.7. The third kappa shape index (κ3) is 2.78. The number of nitrogens with zero attached hydrogens (tertiary/aromatic N) is 1. The van der Waals surface area contributed by atoms with Gasteiger partial charge in [0.15, 0.2) is 0 Å². The van der Waals surface area contributed by atoms with Crippen molar-refractivity contribution in [3.63, 3.8) is 0 Å². The smallest absolute Gasteiger partial charge is 0.0124 e. The van der Waals surface area contributed by atoms with Crippen molar-refractivity contribution in [3.05, 3.63) is 0 Å². The van der Waals surface area contributed by atoms with Crippen LogP contribution in [-0.4, -0.2) is 38.1 Å². The molecule has 1 atom stereocenters. The van der Waals surface area contributed by atoms with Gasteiger partial charge in [0.25, 0.3) is 0 Å². The average Bonchev–Trinajstić information content (AvgIpc) is 2.28. The van der Waals surface area contributed by atoms with Gasteiger partial charge >= 0.3 is 0 Å². The Hall–Kier alpha value is -0.0800. The molecule has 2 aliphatic rings. The van der Waals surface area contributed by atoms with E-state index in [2.05, 4.69) is 24.3 Å². The van der Waals surface area contributed by atoms with Gasteiger partial charge in [-0.3, -0.25) is 0 Å². The molecule has 0 heterocycles. The van der Waals surface area contributed by atoms with Crippen LogP contribution in [0, 0.1) is 5.41 Å². The van der Waals surface area contributed by atoms with E-state index in [1.54, 1.807) is 0 Å². The normalized spacial score (nSPS) is 28.3. The summed E-state index contributed by atoms with van der Waals surface area (Å²) in [7, 11) is 4.32. The van der Waals surface area contributed by atoms with Crippen molar-refractivity contribution in [1.82, 2.24) is 10.2 Å². The molecule has 16 heavy (non-hydrogen) atoms. The van der Waals surface area contributed by atoms with E-state index >= 15 is 0 Å². The topological polar surface area (TPSA) is 15.3 Å². The molecule has 2 nitrogen and oxygen atoms in total. The first-order chi connectivity index (χ1) is 7.73. The molecule has 0 aromatic carbocycles. The zero-order chi connectivity index (χ0) is 11.4. The first-order valence-corrected chi connectivity index (χ1v) is 7.11. The highest BCUT2D eigenvalue weighted by molar-refractivity contribution is 5.01. The Kier molecular flexibility index (Phi) is 4.26. The van der Waals surface area contributed by atoms with Gasteiger partial charge in [-0.25, -0.2) is 0 Å². The van der Waals surface area contributed by atoms with Crippen molar-refractivity contribution in [2.75, 3.05) is 27.2 Å². The van der Waals surface area contributed by atoms with Gasteiger partial charge < -0.3 is 10.2 Å². The molecule has 1 spiro atoms. The summed E-state index contributed by atoms with van der Waals surface area (Å²) in [5, 5.41) is 3.81. The molecule has 0 aromatic heterocycles. The molecule has 0 amide bonds. The van der Waals surface area contributed by atoms with Crippen LogP contribution in [0.2, 0.25) is 0 Å². The Morgan fingerprint density at radius 2 is 1.88 bits per heavy atom. The van der Waals surface area contributed by atoms with E-state index in [9.17, 15) is 0 Å². The largest absolute Gasteiger partial charge is 0.313 e. The summed E-state index contributed by atoms with van der Waals surface area (Å²) in [6.45, 7) is 2.43. The fourth-order valence-electron chi connectivity index (χ4n) is 3.54. The van der Waals surface area contributed by atoms with E-state index in [0.717, 1.165) is 11.5 Å². The first-order valence-electron chi connectivity index (χ1n) is 7.11. The molecule has 2 fully saturated rings. The van der Waals surface area contributed by atoms with Gasteiger partial charge in [0.1, 0.15) is 0 Å². The summed E-state index contributed by atoms with van der Waals surface area (Å²) in [4.78, 5) is 2.28. The van der Waals surface area contributed by atoms with Crippen LogP contribution >= 0.6 is 0 Å². The summed E-state index contributed by atoms with van der Waals surface area (Å²) in [6, 6.07) is 0.856. The van der Waals surface area contributed by atoms with Crippen LogP contribution in [0.15, 0.2) is 0 Å². The molecular formula is C14H28N2. The van der Waals surface area contributed by atoms with Crippen molar-refractivity contribution < 1.29 is 0 Å². The monoisotopic (exact) mass is 224 g/mol. The lowest BCUT2D eigenvalue weighted by molar-refractivity contribution is 0.0230. The SMILES string of the molecule is CN(C)CCCNC1CCC12CCCCC2. The lowest BCUT2D eigenvalue weighted by atomic mass is 9.57. The Balaban J connectivity index is 1.66. The van der Waals surface area contributed by atoms with Crippen molar-refractivity contribution >= 4 is 0 Å². The van der Waals surface area contributed by atoms with Crippen LogP contribution < -0.4 is 5.32 Å².